The fraction of sp³-hybridized carbons (Fsp3) is 0.333. The van der Waals surface area contributed by atoms with Gasteiger partial charge >= 0.3 is 12.1 Å². The molecule has 0 fully saturated rings. The fourth-order valence-electron chi connectivity index (χ4n) is 1.44. The molecule has 0 amide bonds. The number of phenolic OH excluding ortho intramolecular Hbond substituents is 1. The number of phenols is 1. The first-order valence-corrected chi connectivity index (χ1v) is 5.12. The summed E-state index contributed by atoms with van der Waals surface area (Å²) >= 11 is 0. The number of hydrogen-bond acceptors (Lipinski definition) is 1. The predicted octanol–water partition coefficient (Wildman–Crippen LogP) is 4.33. The summed E-state index contributed by atoms with van der Waals surface area (Å²) in [5, 5.41) is 9.33. The van der Waals surface area contributed by atoms with Crippen molar-refractivity contribution in [2.45, 2.75) is 24.7 Å². The van der Waals surface area contributed by atoms with Gasteiger partial charge in [0.2, 0.25) is 0 Å². The van der Waals surface area contributed by atoms with Crippen LogP contribution in [-0.4, -0.2) is 17.2 Å². The molecule has 19 heavy (non-hydrogen) atoms. The lowest BCUT2D eigenvalue weighted by molar-refractivity contribution is -0.305. The number of allylic oxidation sites excluding steroid dienone is 1. The molecule has 0 aromatic heterocycles. The molecule has 1 rings (SSSR count). The molecule has 0 spiro atoms. The molecule has 1 aromatic carbocycles. The lowest BCUT2D eigenvalue weighted by atomic mass is 10.00. The Kier molecular flexibility index (Phi) is 4.17. The highest BCUT2D eigenvalue weighted by Gasteiger charge is 2.63. The lowest BCUT2D eigenvalue weighted by Gasteiger charge is -2.23. The Labute approximate surface area is 105 Å². The zero-order valence-electron chi connectivity index (χ0n) is 9.52. The molecule has 0 aliphatic carbocycles. The van der Waals surface area contributed by atoms with E-state index in [0.29, 0.717) is 6.07 Å². The van der Waals surface area contributed by atoms with Gasteiger partial charge in [-0.2, -0.15) is 22.0 Å². The number of halogens is 6. The van der Waals surface area contributed by atoms with Crippen LogP contribution >= 0.6 is 0 Å². The first-order chi connectivity index (χ1) is 8.61. The predicted molar refractivity (Wildman–Crippen MR) is 56.9 cm³/mol. The van der Waals surface area contributed by atoms with Gasteiger partial charge < -0.3 is 5.11 Å². The summed E-state index contributed by atoms with van der Waals surface area (Å²) in [4.78, 5) is 0. The van der Waals surface area contributed by atoms with E-state index in [0.717, 1.165) is 12.1 Å². The van der Waals surface area contributed by atoms with E-state index in [1.165, 1.54) is 6.08 Å². The second-order valence-corrected chi connectivity index (χ2v) is 3.86. The minimum Gasteiger partial charge on any atom is -0.508 e. The van der Waals surface area contributed by atoms with E-state index in [-0.39, 0.29) is 17.7 Å². The minimum atomic E-state index is -5.98. The van der Waals surface area contributed by atoms with Crippen LogP contribution in [0.2, 0.25) is 0 Å². The topological polar surface area (TPSA) is 20.2 Å². The molecule has 1 nitrogen and oxygen atoms in total. The molecule has 1 aromatic rings. The third-order valence-electron chi connectivity index (χ3n) is 2.46. The second kappa shape index (κ2) is 5.14. The molecule has 0 saturated carbocycles. The standard InChI is InChI=1S/C12H10F6O/c1-2-3-7-6-8(4-5-9(7)19)10(13)11(14,15)12(16,17)18/h2,4-6,10,19H,1,3H2. The summed E-state index contributed by atoms with van der Waals surface area (Å²) in [5.74, 6) is -5.82. The SMILES string of the molecule is C=CCc1cc(C(F)C(F)(F)C(F)(F)F)ccc1O. The molecule has 1 N–H and O–H groups in total. The van der Waals surface area contributed by atoms with Crippen LogP contribution in [0, 0.1) is 0 Å². The van der Waals surface area contributed by atoms with Gasteiger partial charge in [-0.1, -0.05) is 12.1 Å². The van der Waals surface area contributed by atoms with Gasteiger partial charge in [0.15, 0.2) is 6.17 Å². The Morgan fingerprint density at radius 1 is 1.21 bits per heavy atom. The lowest BCUT2D eigenvalue weighted by Crippen LogP contribution is -2.40. The second-order valence-electron chi connectivity index (χ2n) is 3.86. The van der Waals surface area contributed by atoms with Crippen LogP contribution in [0.5, 0.6) is 5.75 Å². The summed E-state index contributed by atoms with van der Waals surface area (Å²) in [6.45, 7) is 3.33. The van der Waals surface area contributed by atoms with Gasteiger partial charge in [-0.3, -0.25) is 0 Å². The molecule has 0 bridgehead atoms. The smallest absolute Gasteiger partial charge is 0.456 e. The third kappa shape index (κ3) is 3.02. The van der Waals surface area contributed by atoms with Crippen LogP contribution in [0.15, 0.2) is 30.9 Å². The first-order valence-electron chi connectivity index (χ1n) is 5.12. The van der Waals surface area contributed by atoms with Crippen molar-refractivity contribution in [3.05, 3.63) is 42.0 Å². The van der Waals surface area contributed by atoms with E-state index in [4.69, 9.17) is 0 Å². The third-order valence-corrected chi connectivity index (χ3v) is 2.46. The number of aromatic hydroxyl groups is 1. The Bertz CT molecular complexity index is 466. The van der Waals surface area contributed by atoms with E-state index >= 15 is 0 Å². The maximum atomic E-state index is 13.4. The molecule has 1 atom stereocenters. The van der Waals surface area contributed by atoms with Gasteiger partial charge in [0.1, 0.15) is 5.75 Å². The van der Waals surface area contributed by atoms with E-state index in [9.17, 15) is 31.4 Å². The fourth-order valence-corrected chi connectivity index (χ4v) is 1.44. The monoisotopic (exact) mass is 284 g/mol. The minimum absolute atomic E-state index is 0.0178. The summed E-state index contributed by atoms with van der Waals surface area (Å²) in [5.41, 5.74) is -0.829. The molecule has 0 aliphatic rings. The zero-order chi connectivity index (χ0) is 14.8. The van der Waals surface area contributed by atoms with Crippen LogP contribution in [0.25, 0.3) is 0 Å². The highest BCUT2D eigenvalue weighted by Crippen LogP contribution is 2.46. The summed E-state index contributed by atoms with van der Waals surface area (Å²) in [6, 6.07) is 2.32. The molecule has 7 heteroatoms. The molecule has 0 saturated heterocycles. The van der Waals surface area contributed by atoms with Crippen LogP contribution in [0.1, 0.15) is 17.3 Å². The average molecular weight is 284 g/mol. The van der Waals surface area contributed by atoms with Gasteiger partial charge in [0, 0.05) is 0 Å². The maximum absolute atomic E-state index is 13.4. The molecule has 0 heterocycles. The molecule has 0 aliphatic heterocycles. The van der Waals surface area contributed by atoms with Gasteiger partial charge in [-0.05, 0) is 29.7 Å². The van der Waals surface area contributed by atoms with Crippen molar-refractivity contribution in [1.29, 1.82) is 0 Å². The Hall–Kier alpha value is -1.66. The van der Waals surface area contributed by atoms with Crippen LogP contribution in [0.3, 0.4) is 0 Å². The van der Waals surface area contributed by atoms with Crippen molar-refractivity contribution in [3.8, 4) is 5.75 Å². The van der Waals surface area contributed by atoms with Gasteiger partial charge in [0.25, 0.3) is 0 Å². The van der Waals surface area contributed by atoms with Crippen molar-refractivity contribution in [2.24, 2.45) is 0 Å². The zero-order valence-corrected chi connectivity index (χ0v) is 9.52. The molecular weight excluding hydrogens is 274 g/mol. The summed E-state index contributed by atoms with van der Waals surface area (Å²) in [6.07, 6.45) is -8.20. The van der Waals surface area contributed by atoms with Crippen molar-refractivity contribution in [1.82, 2.24) is 0 Å². The number of benzene rings is 1. The van der Waals surface area contributed by atoms with Gasteiger partial charge in [-0.15, -0.1) is 6.58 Å². The van der Waals surface area contributed by atoms with Crippen molar-refractivity contribution in [2.75, 3.05) is 0 Å². The van der Waals surface area contributed by atoms with E-state index in [2.05, 4.69) is 6.58 Å². The van der Waals surface area contributed by atoms with E-state index in [1.54, 1.807) is 0 Å². The Morgan fingerprint density at radius 2 is 1.79 bits per heavy atom. The number of alkyl halides is 6. The maximum Gasteiger partial charge on any atom is 0.456 e. The van der Waals surface area contributed by atoms with Crippen molar-refractivity contribution >= 4 is 0 Å². The van der Waals surface area contributed by atoms with Gasteiger partial charge in [0.05, 0.1) is 0 Å². The molecule has 0 radical (unpaired) electrons. The van der Waals surface area contributed by atoms with Crippen molar-refractivity contribution in [3.63, 3.8) is 0 Å². The summed E-state index contributed by atoms with van der Waals surface area (Å²) in [7, 11) is 0. The van der Waals surface area contributed by atoms with Crippen molar-refractivity contribution < 1.29 is 31.4 Å². The number of rotatable bonds is 4. The van der Waals surface area contributed by atoms with E-state index < -0.39 is 23.8 Å². The molecule has 1 unspecified atom stereocenters. The Morgan fingerprint density at radius 3 is 2.26 bits per heavy atom. The Balaban J connectivity index is 3.16. The van der Waals surface area contributed by atoms with Gasteiger partial charge in [-0.25, -0.2) is 4.39 Å². The quantitative estimate of drug-likeness (QED) is 0.644. The molecule has 106 valence electrons. The highest BCUT2D eigenvalue weighted by atomic mass is 19.4. The normalized spacial score (nSPS) is 14.2. The largest absolute Gasteiger partial charge is 0.508 e. The van der Waals surface area contributed by atoms with E-state index in [1.807, 2.05) is 0 Å². The highest BCUT2D eigenvalue weighted by molar-refractivity contribution is 5.38. The summed E-state index contributed by atoms with van der Waals surface area (Å²) < 4.78 is 75.2. The van der Waals surface area contributed by atoms with Crippen LogP contribution in [0.4, 0.5) is 26.3 Å². The average Bonchev–Trinajstić information content (AvgIpc) is 2.30. The van der Waals surface area contributed by atoms with Crippen LogP contribution in [-0.2, 0) is 6.42 Å². The number of hydrogen-bond donors (Lipinski definition) is 1. The van der Waals surface area contributed by atoms with Crippen LogP contribution < -0.4 is 0 Å². The molecular formula is C12H10F6O. The first kappa shape index (κ1) is 15.4.